The quantitative estimate of drug-likeness (QED) is 0.652. The normalized spacial score (nSPS) is 13.5. The van der Waals surface area contributed by atoms with E-state index in [2.05, 4.69) is 16.7 Å². The summed E-state index contributed by atoms with van der Waals surface area (Å²) in [5, 5.41) is 8.49. The third-order valence-electron chi connectivity index (χ3n) is 3.73. The van der Waals surface area contributed by atoms with Crippen LogP contribution in [-0.4, -0.2) is 31.5 Å². The summed E-state index contributed by atoms with van der Waals surface area (Å²) in [5.41, 5.74) is 6.85. The van der Waals surface area contributed by atoms with Crippen LogP contribution < -0.4 is 16.4 Å². The molecule has 8 heteroatoms. The maximum Gasteiger partial charge on any atom is 0.251 e. The molecule has 1 aliphatic heterocycles. The predicted molar refractivity (Wildman–Crippen MR) is 95.7 cm³/mol. The Balaban J connectivity index is 1.56. The van der Waals surface area contributed by atoms with Gasteiger partial charge in [-0.15, -0.1) is 22.7 Å². The Labute approximate surface area is 148 Å². The van der Waals surface area contributed by atoms with Crippen molar-refractivity contribution in [2.75, 3.05) is 25.0 Å². The van der Waals surface area contributed by atoms with Crippen molar-refractivity contribution in [3.63, 3.8) is 0 Å². The Hall–Kier alpha value is -1.74. The number of anilines is 1. The Morgan fingerprint density at radius 2 is 2.25 bits per heavy atom. The lowest BCUT2D eigenvalue weighted by atomic mass is 10.1. The third kappa shape index (κ3) is 4.02. The van der Waals surface area contributed by atoms with Gasteiger partial charge in [0.05, 0.1) is 25.3 Å². The molecule has 0 saturated carbocycles. The van der Waals surface area contributed by atoms with E-state index in [1.165, 1.54) is 16.2 Å². The second-order valence-electron chi connectivity index (χ2n) is 5.43. The highest BCUT2D eigenvalue weighted by molar-refractivity contribution is 7.17. The average Bonchev–Trinajstić information content (AvgIpc) is 3.18. The SMILES string of the molecule is NC(=O)c1c(NC(=O)CNCCc2cccs2)sc2c1CCOC2. The second-order valence-corrected chi connectivity index (χ2v) is 7.57. The standard InChI is InChI=1S/C16H19N3O3S2/c17-15(21)14-11-4-6-22-9-12(11)24-16(14)19-13(20)8-18-5-3-10-2-1-7-23-10/h1-2,7,18H,3-6,8-9H2,(H2,17,21)(H,19,20). The molecule has 2 aromatic heterocycles. The van der Waals surface area contributed by atoms with Gasteiger partial charge in [0.15, 0.2) is 0 Å². The number of carbonyl (C=O) groups excluding carboxylic acids is 2. The molecule has 0 fully saturated rings. The monoisotopic (exact) mass is 365 g/mol. The van der Waals surface area contributed by atoms with Crippen molar-refractivity contribution in [3.05, 3.63) is 38.4 Å². The van der Waals surface area contributed by atoms with E-state index in [1.807, 2.05) is 11.4 Å². The molecule has 6 nitrogen and oxygen atoms in total. The Bertz CT molecular complexity index is 725. The predicted octanol–water partition coefficient (Wildman–Crippen LogP) is 1.75. The highest BCUT2D eigenvalue weighted by Crippen LogP contribution is 2.36. The Kier molecular flexibility index (Phi) is 5.62. The minimum Gasteiger partial charge on any atom is -0.376 e. The number of rotatable bonds is 7. The van der Waals surface area contributed by atoms with Crippen LogP contribution >= 0.6 is 22.7 Å². The Morgan fingerprint density at radius 1 is 1.38 bits per heavy atom. The molecule has 0 saturated heterocycles. The summed E-state index contributed by atoms with van der Waals surface area (Å²) in [4.78, 5) is 26.1. The minimum atomic E-state index is -0.504. The lowest BCUT2D eigenvalue weighted by molar-refractivity contribution is -0.115. The maximum atomic E-state index is 12.1. The zero-order valence-electron chi connectivity index (χ0n) is 13.1. The molecule has 3 heterocycles. The highest BCUT2D eigenvalue weighted by Gasteiger charge is 2.25. The molecule has 2 amide bonds. The van der Waals surface area contributed by atoms with Crippen LogP contribution in [0.1, 0.15) is 25.7 Å². The molecule has 0 aromatic carbocycles. The van der Waals surface area contributed by atoms with Gasteiger partial charge in [0.1, 0.15) is 5.00 Å². The molecule has 0 unspecified atom stereocenters. The molecule has 0 aliphatic carbocycles. The van der Waals surface area contributed by atoms with E-state index in [-0.39, 0.29) is 12.5 Å². The van der Waals surface area contributed by atoms with Gasteiger partial charge in [-0.2, -0.15) is 0 Å². The largest absolute Gasteiger partial charge is 0.376 e. The van der Waals surface area contributed by atoms with E-state index in [4.69, 9.17) is 10.5 Å². The van der Waals surface area contributed by atoms with Gasteiger partial charge in [0.2, 0.25) is 5.91 Å². The van der Waals surface area contributed by atoms with E-state index < -0.39 is 5.91 Å². The molecule has 0 spiro atoms. The van der Waals surface area contributed by atoms with Crippen molar-refractivity contribution in [1.82, 2.24) is 5.32 Å². The number of nitrogens with one attached hydrogen (secondary N) is 2. The van der Waals surface area contributed by atoms with Crippen molar-refractivity contribution in [1.29, 1.82) is 0 Å². The van der Waals surface area contributed by atoms with Crippen LogP contribution in [0.15, 0.2) is 17.5 Å². The van der Waals surface area contributed by atoms with Crippen molar-refractivity contribution in [2.45, 2.75) is 19.4 Å². The van der Waals surface area contributed by atoms with Crippen LogP contribution in [0.4, 0.5) is 5.00 Å². The van der Waals surface area contributed by atoms with Gasteiger partial charge < -0.3 is 21.1 Å². The van der Waals surface area contributed by atoms with Crippen LogP contribution in [0.2, 0.25) is 0 Å². The molecule has 3 rings (SSSR count). The molecule has 0 atom stereocenters. The number of thiophene rings is 2. The first-order valence-electron chi connectivity index (χ1n) is 7.70. The van der Waals surface area contributed by atoms with Gasteiger partial charge >= 0.3 is 0 Å². The number of carbonyl (C=O) groups is 2. The molecular weight excluding hydrogens is 346 g/mol. The van der Waals surface area contributed by atoms with Crippen molar-refractivity contribution in [3.8, 4) is 0 Å². The number of hydrogen-bond acceptors (Lipinski definition) is 6. The van der Waals surface area contributed by atoms with E-state index in [1.54, 1.807) is 11.3 Å². The first kappa shape index (κ1) is 17.1. The van der Waals surface area contributed by atoms with Crippen LogP contribution in [0.25, 0.3) is 0 Å². The van der Waals surface area contributed by atoms with E-state index in [0.29, 0.717) is 30.2 Å². The molecule has 128 valence electrons. The van der Waals surface area contributed by atoms with Gasteiger partial charge in [0, 0.05) is 16.3 Å². The molecule has 2 aromatic rings. The smallest absolute Gasteiger partial charge is 0.251 e. The van der Waals surface area contributed by atoms with E-state index in [9.17, 15) is 9.59 Å². The average molecular weight is 365 g/mol. The van der Waals surface area contributed by atoms with Crippen LogP contribution in [0.5, 0.6) is 0 Å². The summed E-state index contributed by atoms with van der Waals surface area (Å²) in [6.45, 7) is 1.96. The zero-order chi connectivity index (χ0) is 16.9. The fourth-order valence-corrected chi connectivity index (χ4v) is 4.54. The summed E-state index contributed by atoms with van der Waals surface area (Å²) in [6.07, 6.45) is 1.54. The van der Waals surface area contributed by atoms with Gasteiger partial charge in [-0.05, 0) is 29.9 Å². The lowest BCUT2D eigenvalue weighted by Crippen LogP contribution is -2.30. The van der Waals surface area contributed by atoms with Gasteiger partial charge in [0.25, 0.3) is 5.91 Å². The van der Waals surface area contributed by atoms with Crippen LogP contribution in [0.3, 0.4) is 0 Å². The highest BCUT2D eigenvalue weighted by atomic mass is 32.1. The zero-order valence-corrected chi connectivity index (χ0v) is 14.7. The third-order valence-corrected chi connectivity index (χ3v) is 5.79. The number of fused-ring (bicyclic) bond motifs is 1. The molecule has 0 radical (unpaired) electrons. The van der Waals surface area contributed by atoms with Crippen LogP contribution in [-0.2, 0) is 29.0 Å². The molecule has 0 bridgehead atoms. The topological polar surface area (TPSA) is 93.5 Å². The first-order chi connectivity index (χ1) is 11.6. The number of amides is 2. The van der Waals surface area contributed by atoms with Crippen molar-refractivity contribution < 1.29 is 14.3 Å². The fourth-order valence-electron chi connectivity index (χ4n) is 2.62. The molecular formula is C16H19N3O3S2. The number of primary amides is 1. The molecule has 1 aliphatic rings. The van der Waals surface area contributed by atoms with E-state index >= 15 is 0 Å². The van der Waals surface area contributed by atoms with Gasteiger partial charge in [-0.1, -0.05) is 6.07 Å². The van der Waals surface area contributed by atoms with Crippen molar-refractivity contribution >= 4 is 39.5 Å². The summed E-state index contributed by atoms with van der Waals surface area (Å²) in [5.74, 6) is -0.682. The number of nitrogens with two attached hydrogens (primary N) is 1. The first-order valence-corrected chi connectivity index (χ1v) is 9.40. The second kappa shape index (κ2) is 7.89. The summed E-state index contributed by atoms with van der Waals surface area (Å²) in [6, 6.07) is 4.09. The minimum absolute atomic E-state index is 0.178. The van der Waals surface area contributed by atoms with Gasteiger partial charge in [-0.25, -0.2) is 0 Å². The van der Waals surface area contributed by atoms with Crippen molar-refractivity contribution in [2.24, 2.45) is 5.73 Å². The lowest BCUT2D eigenvalue weighted by Gasteiger charge is -2.12. The number of hydrogen-bond donors (Lipinski definition) is 3. The number of ether oxygens (including phenoxy) is 1. The molecule has 4 N–H and O–H groups in total. The fraction of sp³-hybridized carbons (Fsp3) is 0.375. The maximum absolute atomic E-state index is 12.1. The molecule has 24 heavy (non-hydrogen) atoms. The van der Waals surface area contributed by atoms with E-state index in [0.717, 1.165) is 23.4 Å². The van der Waals surface area contributed by atoms with Crippen LogP contribution in [0, 0.1) is 0 Å². The summed E-state index contributed by atoms with van der Waals surface area (Å²) < 4.78 is 5.40. The van der Waals surface area contributed by atoms with Gasteiger partial charge in [-0.3, -0.25) is 9.59 Å². The summed E-state index contributed by atoms with van der Waals surface area (Å²) in [7, 11) is 0. The summed E-state index contributed by atoms with van der Waals surface area (Å²) >= 11 is 3.07. The Morgan fingerprint density at radius 3 is 3.00 bits per heavy atom.